The normalized spacial score (nSPS) is 18.8. The van der Waals surface area contributed by atoms with Gasteiger partial charge in [0.1, 0.15) is 0 Å². The molecule has 4 heterocycles. The maximum atomic E-state index is 5.46. The summed E-state index contributed by atoms with van der Waals surface area (Å²) >= 11 is 1.90. The van der Waals surface area contributed by atoms with Crippen LogP contribution in [0.2, 0.25) is 0 Å². The molecule has 1 fully saturated rings. The van der Waals surface area contributed by atoms with Crippen LogP contribution in [0.15, 0.2) is 54.3 Å². The lowest BCUT2D eigenvalue weighted by Crippen LogP contribution is -2.22. The Bertz CT molecular complexity index is 708. The van der Waals surface area contributed by atoms with Gasteiger partial charge in [-0.3, -0.25) is 0 Å². The molecule has 0 saturated carbocycles. The number of aryl methyl sites for hydroxylation is 1. The minimum atomic E-state index is 0.849. The van der Waals surface area contributed by atoms with Crippen LogP contribution in [-0.2, 0) is 11.2 Å². The molecule has 0 spiro atoms. The van der Waals surface area contributed by atoms with Crippen LogP contribution < -0.4 is 4.90 Å². The number of hydrogen-bond donors (Lipinski definition) is 0. The van der Waals surface area contributed by atoms with Gasteiger partial charge in [0, 0.05) is 47.8 Å². The number of ether oxygens (including phenoxy) is 1. The van der Waals surface area contributed by atoms with E-state index in [0.717, 1.165) is 25.7 Å². The van der Waals surface area contributed by atoms with Gasteiger partial charge in [-0.05, 0) is 62.0 Å². The molecule has 0 unspecified atom stereocenters. The Morgan fingerprint density at radius 1 is 1.17 bits per heavy atom. The standard InChI is InChI=1S/C20H24N2OS/c1-2-10-21(9-1)18-4-3-11-22(15-18)19-14-20(24-16-19)6-5-17-7-12-23-13-8-17/h1-4,9-11,14,16-17H,5-8,12-13,15H2. The summed E-state index contributed by atoms with van der Waals surface area (Å²) in [5.74, 6) is 0.849. The molecule has 0 bridgehead atoms. The van der Waals surface area contributed by atoms with Crippen molar-refractivity contribution in [2.75, 3.05) is 24.7 Å². The molecule has 0 aliphatic carbocycles. The summed E-state index contributed by atoms with van der Waals surface area (Å²) in [6.45, 7) is 2.82. The summed E-state index contributed by atoms with van der Waals surface area (Å²) in [6.07, 6.45) is 15.7. The first kappa shape index (κ1) is 15.7. The molecule has 4 rings (SSSR count). The van der Waals surface area contributed by atoms with Crippen molar-refractivity contribution in [1.29, 1.82) is 0 Å². The van der Waals surface area contributed by atoms with E-state index < -0.39 is 0 Å². The number of aromatic nitrogens is 1. The molecule has 0 aromatic carbocycles. The summed E-state index contributed by atoms with van der Waals surface area (Å²) in [4.78, 5) is 3.84. The summed E-state index contributed by atoms with van der Waals surface area (Å²) < 4.78 is 7.65. The number of anilines is 1. The van der Waals surface area contributed by atoms with Crippen LogP contribution in [0.5, 0.6) is 0 Å². The second-order valence-electron chi connectivity index (χ2n) is 6.58. The molecular formula is C20H24N2OS. The molecule has 2 aliphatic heterocycles. The molecular weight excluding hydrogens is 316 g/mol. The molecule has 4 heteroatoms. The van der Waals surface area contributed by atoms with E-state index in [1.807, 2.05) is 11.3 Å². The van der Waals surface area contributed by atoms with Crippen molar-refractivity contribution in [3.05, 3.63) is 59.2 Å². The SMILES string of the molecule is C1=CN(c2csc(CCC3CCOCC3)c2)CC(n2cccc2)=C1. The van der Waals surface area contributed by atoms with Crippen LogP contribution in [0.25, 0.3) is 5.70 Å². The fourth-order valence-corrected chi connectivity index (χ4v) is 4.34. The van der Waals surface area contributed by atoms with E-state index in [1.165, 1.54) is 41.9 Å². The molecule has 2 aromatic heterocycles. The molecule has 3 nitrogen and oxygen atoms in total. The van der Waals surface area contributed by atoms with Crippen LogP contribution in [0.4, 0.5) is 5.69 Å². The molecule has 0 radical (unpaired) electrons. The average Bonchev–Trinajstić information content (AvgIpc) is 3.33. The zero-order valence-electron chi connectivity index (χ0n) is 13.9. The molecule has 0 amide bonds. The third-order valence-electron chi connectivity index (χ3n) is 4.93. The molecule has 24 heavy (non-hydrogen) atoms. The first-order valence-corrected chi connectivity index (χ1v) is 9.69. The molecule has 0 N–H and O–H groups in total. The van der Waals surface area contributed by atoms with Gasteiger partial charge in [0.2, 0.25) is 0 Å². The zero-order chi connectivity index (χ0) is 16.2. The van der Waals surface area contributed by atoms with Crippen LogP contribution in [0.3, 0.4) is 0 Å². The lowest BCUT2D eigenvalue weighted by atomic mass is 9.95. The highest BCUT2D eigenvalue weighted by Crippen LogP contribution is 2.29. The monoisotopic (exact) mass is 340 g/mol. The van der Waals surface area contributed by atoms with Crippen molar-refractivity contribution in [3.63, 3.8) is 0 Å². The van der Waals surface area contributed by atoms with Crippen molar-refractivity contribution < 1.29 is 4.74 Å². The van der Waals surface area contributed by atoms with E-state index in [4.69, 9.17) is 4.74 Å². The predicted octanol–water partition coefficient (Wildman–Crippen LogP) is 4.78. The summed E-state index contributed by atoms with van der Waals surface area (Å²) in [5, 5.41) is 2.29. The summed E-state index contributed by atoms with van der Waals surface area (Å²) in [6, 6.07) is 6.51. The van der Waals surface area contributed by atoms with E-state index >= 15 is 0 Å². The van der Waals surface area contributed by atoms with Gasteiger partial charge in [0.15, 0.2) is 0 Å². The van der Waals surface area contributed by atoms with Crippen molar-refractivity contribution >= 4 is 22.7 Å². The Morgan fingerprint density at radius 2 is 2.00 bits per heavy atom. The summed E-state index contributed by atoms with van der Waals surface area (Å²) in [5.41, 5.74) is 2.62. The number of rotatable bonds is 5. The van der Waals surface area contributed by atoms with Gasteiger partial charge in [-0.2, -0.15) is 0 Å². The fourth-order valence-electron chi connectivity index (χ4n) is 3.44. The van der Waals surface area contributed by atoms with Gasteiger partial charge < -0.3 is 14.2 Å². The fraction of sp³-hybridized carbons (Fsp3) is 0.400. The first-order valence-electron chi connectivity index (χ1n) is 8.81. The highest BCUT2D eigenvalue weighted by Gasteiger charge is 2.15. The Kier molecular flexibility index (Phi) is 4.86. The van der Waals surface area contributed by atoms with Gasteiger partial charge in [-0.1, -0.05) is 0 Å². The van der Waals surface area contributed by atoms with Crippen molar-refractivity contribution in [3.8, 4) is 0 Å². The van der Waals surface area contributed by atoms with Crippen molar-refractivity contribution in [2.45, 2.75) is 25.7 Å². The number of allylic oxidation sites excluding steroid dienone is 2. The Morgan fingerprint density at radius 3 is 2.83 bits per heavy atom. The third kappa shape index (κ3) is 3.65. The maximum absolute atomic E-state index is 5.46. The van der Waals surface area contributed by atoms with E-state index in [2.05, 4.69) is 63.8 Å². The van der Waals surface area contributed by atoms with E-state index in [-0.39, 0.29) is 0 Å². The smallest absolute Gasteiger partial charge is 0.0632 e. The van der Waals surface area contributed by atoms with Gasteiger partial charge in [0.05, 0.1) is 12.2 Å². The van der Waals surface area contributed by atoms with Crippen LogP contribution >= 0.6 is 11.3 Å². The Labute approximate surface area is 147 Å². The predicted molar refractivity (Wildman–Crippen MR) is 101 cm³/mol. The second-order valence-corrected chi connectivity index (χ2v) is 7.58. The number of nitrogens with zero attached hydrogens (tertiary/aromatic N) is 2. The quantitative estimate of drug-likeness (QED) is 0.779. The van der Waals surface area contributed by atoms with Gasteiger partial charge in [-0.15, -0.1) is 11.3 Å². The second kappa shape index (κ2) is 7.41. The van der Waals surface area contributed by atoms with Crippen molar-refractivity contribution in [2.24, 2.45) is 5.92 Å². The third-order valence-corrected chi connectivity index (χ3v) is 5.92. The van der Waals surface area contributed by atoms with Crippen LogP contribution in [0.1, 0.15) is 24.1 Å². The maximum Gasteiger partial charge on any atom is 0.0632 e. The average molecular weight is 340 g/mol. The van der Waals surface area contributed by atoms with Gasteiger partial charge >= 0.3 is 0 Å². The molecule has 2 aromatic rings. The van der Waals surface area contributed by atoms with Crippen molar-refractivity contribution in [1.82, 2.24) is 4.57 Å². The Hall–Kier alpha value is -1.78. The topological polar surface area (TPSA) is 17.4 Å². The highest BCUT2D eigenvalue weighted by molar-refractivity contribution is 7.10. The van der Waals surface area contributed by atoms with E-state index in [1.54, 1.807) is 0 Å². The molecule has 126 valence electrons. The number of hydrogen-bond acceptors (Lipinski definition) is 3. The van der Waals surface area contributed by atoms with Crippen LogP contribution in [-0.4, -0.2) is 24.3 Å². The van der Waals surface area contributed by atoms with Crippen LogP contribution in [0, 0.1) is 5.92 Å². The lowest BCUT2D eigenvalue weighted by Gasteiger charge is -2.24. The largest absolute Gasteiger partial charge is 0.381 e. The molecule has 0 atom stereocenters. The highest BCUT2D eigenvalue weighted by atomic mass is 32.1. The first-order chi connectivity index (χ1) is 11.9. The Balaban J connectivity index is 1.36. The zero-order valence-corrected chi connectivity index (χ0v) is 14.8. The minimum Gasteiger partial charge on any atom is -0.381 e. The minimum absolute atomic E-state index is 0.849. The van der Waals surface area contributed by atoms with E-state index in [9.17, 15) is 0 Å². The van der Waals surface area contributed by atoms with Gasteiger partial charge in [0.25, 0.3) is 0 Å². The van der Waals surface area contributed by atoms with E-state index in [0.29, 0.717) is 0 Å². The molecule has 1 saturated heterocycles. The lowest BCUT2D eigenvalue weighted by molar-refractivity contribution is 0.0641. The number of thiophene rings is 1. The molecule has 2 aliphatic rings. The summed E-state index contributed by atoms with van der Waals surface area (Å²) in [7, 11) is 0. The van der Waals surface area contributed by atoms with Gasteiger partial charge in [-0.25, -0.2) is 0 Å².